The number of hydrogen-bond donors (Lipinski definition) is 2. The van der Waals surface area contributed by atoms with E-state index in [1.165, 1.54) is 18.6 Å². The fourth-order valence-corrected chi connectivity index (χ4v) is 3.06. The average Bonchev–Trinajstić information content (AvgIpc) is 2.77. The summed E-state index contributed by atoms with van der Waals surface area (Å²) in [6, 6.07) is 0. The van der Waals surface area contributed by atoms with Gasteiger partial charge >= 0.3 is 0 Å². The molecule has 18 heavy (non-hydrogen) atoms. The molecule has 0 amide bonds. The summed E-state index contributed by atoms with van der Waals surface area (Å²) in [6.07, 6.45) is 3.85. The molecule has 1 atom stereocenters. The minimum Gasteiger partial charge on any atom is -0.357 e. The maximum absolute atomic E-state index is 4.69. The Morgan fingerprint density at radius 3 is 2.67 bits per heavy atom. The lowest BCUT2D eigenvalue weighted by Crippen LogP contribution is -2.39. The van der Waals surface area contributed by atoms with Gasteiger partial charge in [-0.15, -0.1) is 0 Å². The number of thioether (sulfide) groups is 1. The average molecular weight is 271 g/mol. The Labute approximate surface area is 117 Å². The van der Waals surface area contributed by atoms with Gasteiger partial charge < -0.3 is 10.6 Å². The highest BCUT2D eigenvalue weighted by Gasteiger charge is 2.15. The summed E-state index contributed by atoms with van der Waals surface area (Å²) in [5.74, 6) is 2.29. The van der Waals surface area contributed by atoms with Crippen molar-refractivity contribution in [3.8, 4) is 0 Å². The van der Waals surface area contributed by atoms with Gasteiger partial charge in [0.05, 0.1) is 6.54 Å². The van der Waals surface area contributed by atoms with Gasteiger partial charge in [-0.3, -0.25) is 4.99 Å². The molecule has 3 nitrogen and oxygen atoms in total. The molecule has 1 aliphatic heterocycles. The van der Waals surface area contributed by atoms with Gasteiger partial charge in [0.1, 0.15) is 0 Å². The number of nitrogens with zero attached hydrogens (tertiary/aromatic N) is 1. The lowest BCUT2D eigenvalue weighted by atomic mass is 9.92. The Balaban J connectivity index is 2.30. The topological polar surface area (TPSA) is 36.4 Å². The molecular formula is C14H29N3S. The van der Waals surface area contributed by atoms with Crippen LogP contribution < -0.4 is 10.6 Å². The van der Waals surface area contributed by atoms with E-state index in [-0.39, 0.29) is 0 Å². The summed E-state index contributed by atoms with van der Waals surface area (Å²) < 4.78 is 0. The molecule has 0 aliphatic carbocycles. The second-order valence-electron chi connectivity index (χ2n) is 6.09. The Bertz CT molecular complexity index is 252. The highest BCUT2D eigenvalue weighted by atomic mass is 32.2. The maximum atomic E-state index is 4.69. The Hall–Kier alpha value is -0.380. The summed E-state index contributed by atoms with van der Waals surface area (Å²) in [7, 11) is 0. The molecule has 1 unspecified atom stereocenters. The van der Waals surface area contributed by atoms with Crippen LogP contribution in [0.3, 0.4) is 0 Å². The molecule has 2 N–H and O–H groups in total. The Kier molecular flexibility index (Phi) is 6.90. The van der Waals surface area contributed by atoms with E-state index in [0.29, 0.717) is 5.41 Å². The van der Waals surface area contributed by atoms with Gasteiger partial charge in [0.2, 0.25) is 0 Å². The molecular weight excluding hydrogens is 242 g/mol. The molecule has 0 bridgehead atoms. The Morgan fingerprint density at radius 2 is 2.11 bits per heavy atom. The van der Waals surface area contributed by atoms with Crippen LogP contribution in [0.25, 0.3) is 0 Å². The second-order valence-corrected chi connectivity index (χ2v) is 7.50. The Morgan fingerprint density at radius 1 is 1.33 bits per heavy atom. The molecule has 106 valence electrons. The van der Waals surface area contributed by atoms with Crippen molar-refractivity contribution in [2.75, 3.05) is 25.4 Å². The van der Waals surface area contributed by atoms with Crippen LogP contribution in [0.15, 0.2) is 4.99 Å². The highest BCUT2D eigenvalue weighted by molar-refractivity contribution is 8.00. The summed E-state index contributed by atoms with van der Waals surface area (Å²) >= 11 is 2.07. The van der Waals surface area contributed by atoms with E-state index in [1.807, 2.05) is 0 Å². The first-order valence-electron chi connectivity index (χ1n) is 7.15. The van der Waals surface area contributed by atoms with Crippen molar-refractivity contribution < 1.29 is 0 Å². The van der Waals surface area contributed by atoms with E-state index >= 15 is 0 Å². The third-order valence-electron chi connectivity index (χ3n) is 2.99. The van der Waals surface area contributed by atoms with Crippen LogP contribution in [0.4, 0.5) is 0 Å². The van der Waals surface area contributed by atoms with Crippen molar-refractivity contribution >= 4 is 17.7 Å². The summed E-state index contributed by atoms with van der Waals surface area (Å²) in [5.41, 5.74) is 0.381. The third-order valence-corrected chi connectivity index (χ3v) is 4.37. The standard InChI is InChI=1S/C14H29N3S/c1-5-15-13(16-9-8-14(2,3)4)17-11-12-7-6-10-18-12/h12H,5-11H2,1-4H3,(H2,15,16,17). The van der Waals surface area contributed by atoms with Crippen molar-refractivity contribution in [3.05, 3.63) is 0 Å². The van der Waals surface area contributed by atoms with Gasteiger partial charge in [0.15, 0.2) is 5.96 Å². The van der Waals surface area contributed by atoms with Crippen LogP contribution in [0.2, 0.25) is 0 Å². The van der Waals surface area contributed by atoms with Crippen LogP contribution in [0.1, 0.15) is 47.0 Å². The lowest BCUT2D eigenvalue weighted by Gasteiger charge is -2.19. The van der Waals surface area contributed by atoms with Crippen molar-refractivity contribution in [2.24, 2.45) is 10.4 Å². The lowest BCUT2D eigenvalue weighted by molar-refractivity contribution is 0.377. The molecule has 1 rings (SSSR count). The minimum atomic E-state index is 0.381. The first-order chi connectivity index (χ1) is 8.51. The zero-order chi connectivity index (χ0) is 13.4. The van der Waals surface area contributed by atoms with Crippen LogP contribution in [-0.2, 0) is 0 Å². The normalized spacial score (nSPS) is 21.1. The monoisotopic (exact) mass is 271 g/mol. The number of nitrogens with one attached hydrogen (secondary N) is 2. The summed E-state index contributed by atoms with van der Waals surface area (Å²) in [4.78, 5) is 4.69. The number of aliphatic imine (C=N–C) groups is 1. The van der Waals surface area contributed by atoms with E-state index in [9.17, 15) is 0 Å². The zero-order valence-corrected chi connectivity index (χ0v) is 13.2. The molecule has 1 heterocycles. The first-order valence-corrected chi connectivity index (χ1v) is 8.20. The fourth-order valence-electron chi connectivity index (χ4n) is 1.88. The van der Waals surface area contributed by atoms with E-state index in [1.54, 1.807) is 0 Å². The van der Waals surface area contributed by atoms with Gasteiger partial charge in [-0.1, -0.05) is 20.8 Å². The van der Waals surface area contributed by atoms with Crippen LogP contribution in [0, 0.1) is 5.41 Å². The van der Waals surface area contributed by atoms with Gasteiger partial charge in [-0.25, -0.2) is 0 Å². The van der Waals surface area contributed by atoms with Crippen LogP contribution in [-0.4, -0.2) is 36.6 Å². The summed E-state index contributed by atoms with van der Waals surface area (Å²) in [5, 5.41) is 7.49. The SMILES string of the molecule is CCNC(=NCC1CCCS1)NCCC(C)(C)C. The molecule has 1 aliphatic rings. The first kappa shape index (κ1) is 15.7. The predicted octanol–water partition coefficient (Wildman–Crippen LogP) is 2.87. The summed E-state index contributed by atoms with van der Waals surface area (Å²) in [6.45, 7) is 11.8. The van der Waals surface area contributed by atoms with E-state index in [2.05, 4.69) is 55.1 Å². The molecule has 0 aromatic heterocycles. The minimum absolute atomic E-state index is 0.381. The van der Waals surface area contributed by atoms with Gasteiger partial charge in [0.25, 0.3) is 0 Å². The van der Waals surface area contributed by atoms with Gasteiger partial charge in [-0.05, 0) is 37.4 Å². The molecule has 4 heteroatoms. The molecule has 0 radical (unpaired) electrons. The maximum Gasteiger partial charge on any atom is 0.191 e. The molecule has 0 aromatic rings. The number of rotatable bonds is 5. The van der Waals surface area contributed by atoms with Crippen molar-refractivity contribution in [1.82, 2.24) is 10.6 Å². The number of hydrogen-bond acceptors (Lipinski definition) is 2. The zero-order valence-electron chi connectivity index (χ0n) is 12.4. The highest BCUT2D eigenvalue weighted by Crippen LogP contribution is 2.26. The predicted molar refractivity (Wildman–Crippen MR) is 83.5 cm³/mol. The van der Waals surface area contributed by atoms with Crippen LogP contribution >= 0.6 is 11.8 Å². The van der Waals surface area contributed by atoms with E-state index in [4.69, 9.17) is 0 Å². The smallest absolute Gasteiger partial charge is 0.191 e. The molecule has 0 aromatic carbocycles. The van der Waals surface area contributed by atoms with Gasteiger partial charge in [0, 0.05) is 18.3 Å². The molecule has 1 fully saturated rings. The van der Waals surface area contributed by atoms with E-state index in [0.717, 1.165) is 37.3 Å². The van der Waals surface area contributed by atoms with Crippen molar-refractivity contribution in [3.63, 3.8) is 0 Å². The third kappa shape index (κ3) is 7.14. The largest absolute Gasteiger partial charge is 0.357 e. The quantitative estimate of drug-likeness (QED) is 0.596. The van der Waals surface area contributed by atoms with Crippen LogP contribution in [0.5, 0.6) is 0 Å². The molecule has 1 saturated heterocycles. The number of guanidine groups is 1. The molecule has 0 saturated carbocycles. The molecule has 0 spiro atoms. The van der Waals surface area contributed by atoms with E-state index < -0.39 is 0 Å². The van der Waals surface area contributed by atoms with Gasteiger partial charge in [-0.2, -0.15) is 11.8 Å². The second kappa shape index (κ2) is 7.93. The van der Waals surface area contributed by atoms with Crippen molar-refractivity contribution in [2.45, 2.75) is 52.2 Å². The fraction of sp³-hybridized carbons (Fsp3) is 0.929. The van der Waals surface area contributed by atoms with Crippen molar-refractivity contribution in [1.29, 1.82) is 0 Å².